The largest absolute Gasteiger partial charge is 0.467 e. The third-order valence-corrected chi connectivity index (χ3v) is 19.0. The molecule has 3 aliphatic heterocycles. The van der Waals surface area contributed by atoms with Gasteiger partial charge in [-0.1, -0.05) is 97.4 Å². The standard InChI is InChI=1S/C71H108N12O18/c1-13-42(6)61(81(9)69(95)60(73-8)41(4)5)51(98-10)38-58(88)82-34-20-24-50(82)64(99-11)43(7)65(91)78-48(35-44-21-15-14-16-22-44)67(93)79-49(70(96)100-12)36-45-26-28-46(29-27-45)76-66(92)47(23-19-32-74-71(72)97)77-68(94)59(40(2)3)80-55(85)37-52-62(89)63(90)53(101-52)39-75-54(84)25-17-18-33-83-56(86)30-31-57(83)87/h14-16,21-22,26-31,40-43,47-53,59-64,73,89-90H,13,17-20,23-25,32-39H2,1-12H3,(H,75,84)(H,76,92)(H,77,94)(H,78,91)(H,79,93)(H,80,85)(H3,72,74,97)/t42?,43?,47?,48-,49-,50?,51?,52-,53+,59?,60?,61?,62?,63?,64?/m0/s1. The van der Waals surface area contributed by atoms with E-state index < -0.39 is 156 Å². The Hall–Kier alpha value is -8.42. The first kappa shape index (κ1) is 83.2. The Labute approximate surface area is 591 Å². The van der Waals surface area contributed by atoms with E-state index in [9.17, 15) is 67.7 Å². The second-order valence-electron chi connectivity index (χ2n) is 26.9. The molecule has 12 amide bonds. The van der Waals surface area contributed by atoms with Crippen LogP contribution in [-0.2, 0) is 84.5 Å². The molecular weight excluding hydrogens is 1310 g/mol. The zero-order valence-electron chi connectivity index (χ0n) is 60.3. The Balaban J connectivity index is 1.22. The number of likely N-dealkylation sites (tertiary alicyclic amines) is 1. The van der Waals surface area contributed by atoms with E-state index in [1.165, 1.54) is 45.6 Å². The summed E-state index contributed by atoms with van der Waals surface area (Å²) in [4.78, 5) is 165. The quantitative estimate of drug-likeness (QED) is 0.0250. The number of imide groups is 1. The molecule has 0 bridgehead atoms. The van der Waals surface area contributed by atoms with Gasteiger partial charge >= 0.3 is 12.0 Å². The number of aliphatic hydroxyl groups is 2. The molecule has 2 fully saturated rings. The van der Waals surface area contributed by atoms with E-state index in [1.54, 1.807) is 87.1 Å². The minimum atomic E-state index is -1.54. The summed E-state index contributed by atoms with van der Waals surface area (Å²) in [7, 11) is 7.66. The third kappa shape index (κ3) is 24.4. The number of nitrogens with two attached hydrogens (primary N) is 1. The number of urea groups is 1. The number of esters is 1. The number of nitrogens with zero attached hydrogens (tertiary/aromatic N) is 3. The molecule has 2 saturated heterocycles. The van der Waals surface area contributed by atoms with E-state index in [0.717, 1.165) is 11.3 Å². The minimum Gasteiger partial charge on any atom is -0.467 e. The summed E-state index contributed by atoms with van der Waals surface area (Å²) in [6, 6.07) is 8.05. The minimum absolute atomic E-state index is 0.00973. The van der Waals surface area contributed by atoms with Crippen LogP contribution in [-0.4, -0.2) is 237 Å². The van der Waals surface area contributed by atoms with Crippen molar-refractivity contribution in [1.82, 2.24) is 51.9 Å². The van der Waals surface area contributed by atoms with Crippen LogP contribution in [0, 0.1) is 23.7 Å². The van der Waals surface area contributed by atoms with Crippen LogP contribution in [0.2, 0.25) is 0 Å². The summed E-state index contributed by atoms with van der Waals surface area (Å²) in [6.45, 7) is 13.4. The highest BCUT2D eigenvalue weighted by Crippen LogP contribution is 2.31. The SMILES string of the molecule is CCC(C)C(C(CC(=O)N1CCCC1C(OC)C(C)C(=O)N[C@@H](Cc1ccccc1)C(=O)N[C@@H](Cc1ccc(NC(=O)C(CCCNC(N)=O)NC(=O)C(NC(=O)C[C@@H]2O[C@H](CNC(=O)CCCCN3C(=O)C=CC3=O)C(O)C2O)C(C)C)cc1)C(=O)OC)OC)N(C)C(=O)C(NC)C(C)C. The van der Waals surface area contributed by atoms with Gasteiger partial charge in [-0.3, -0.25) is 52.8 Å². The number of primary amides is 1. The molecule has 101 heavy (non-hydrogen) atoms. The van der Waals surface area contributed by atoms with Crippen molar-refractivity contribution in [3.8, 4) is 0 Å². The molecule has 0 spiro atoms. The fourth-order valence-corrected chi connectivity index (χ4v) is 13.1. The van der Waals surface area contributed by atoms with E-state index in [2.05, 4.69) is 42.5 Å². The van der Waals surface area contributed by atoms with Crippen LogP contribution in [0.15, 0.2) is 66.7 Å². The van der Waals surface area contributed by atoms with Gasteiger partial charge < -0.3 is 87.2 Å². The lowest BCUT2D eigenvalue weighted by Crippen LogP contribution is -2.57. The number of ether oxygens (including phenoxy) is 4. The molecule has 0 aromatic heterocycles. The van der Waals surface area contributed by atoms with E-state index >= 15 is 0 Å². The zero-order chi connectivity index (χ0) is 74.8. The molecule has 3 heterocycles. The number of hydrogen-bond acceptors (Lipinski definition) is 19. The topological polar surface area (TPSA) is 414 Å². The number of amides is 12. The second kappa shape index (κ2) is 40.9. The molecule has 12 N–H and O–H groups in total. The van der Waals surface area contributed by atoms with Gasteiger partial charge in [-0.05, 0) is 86.6 Å². The lowest BCUT2D eigenvalue weighted by Gasteiger charge is -2.40. The van der Waals surface area contributed by atoms with Crippen molar-refractivity contribution >= 4 is 76.8 Å². The van der Waals surface area contributed by atoms with Crippen LogP contribution in [0.4, 0.5) is 10.5 Å². The Bertz CT molecular complexity index is 3140. The van der Waals surface area contributed by atoms with Gasteiger partial charge in [-0.2, -0.15) is 0 Å². The summed E-state index contributed by atoms with van der Waals surface area (Å²) in [5, 5.41) is 43.6. The van der Waals surface area contributed by atoms with Gasteiger partial charge in [0.2, 0.25) is 47.3 Å². The molecule has 30 nitrogen and oxygen atoms in total. The van der Waals surface area contributed by atoms with E-state index in [1.807, 2.05) is 27.7 Å². The number of carbonyl (C=O) groups is 12. The fraction of sp³-hybridized carbons (Fsp3) is 0.634. The molecular formula is C71H108N12O18. The third-order valence-electron chi connectivity index (χ3n) is 19.0. The van der Waals surface area contributed by atoms with Crippen LogP contribution < -0.4 is 48.3 Å². The van der Waals surface area contributed by atoms with E-state index in [-0.39, 0.29) is 87.5 Å². The first-order valence-corrected chi connectivity index (χ1v) is 34.8. The van der Waals surface area contributed by atoms with Gasteiger partial charge in [0.15, 0.2) is 0 Å². The first-order chi connectivity index (χ1) is 48.0. The summed E-state index contributed by atoms with van der Waals surface area (Å²) < 4.78 is 23.0. The molecule has 11 unspecified atom stereocenters. The highest BCUT2D eigenvalue weighted by Gasteiger charge is 2.46. The molecule has 30 heteroatoms. The summed E-state index contributed by atoms with van der Waals surface area (Å²) in [5.74, 6) is -7.26. The Morgan fingerprint density at radius 2 is 1.32 bits per heavy atom. The van der Waals surface area contributed by atoms with Gasteiger partial charge in [0.05, 0.1) is 62.3 Å². The Morgan fingerprint density at radius 3 is 1.91 bits per heavy atom. The number of unbranched alkanes of at least 4 members (excludes halogenated alkanes) is 1. The number of anilines is 1. The van der Waals surface area contributed by atoms with Crippen LogP contribution >= 0.6 is 0 Å². The zero-order valence-corrected chi connectivity index (χ0v) is 60.3. The predicted octanol–water partition coefficient (Wildman–Crippen LogP) is 0.882. The first-order valence-electron chi connectivity index (χ1n) is 34.8. The van der Waals surface area contributed by atoms with E-state index in [0.29, 0.717) is 43.4 Å². The van der Waals surface area contributed by atoms with Gasteiger partial charge in [-0.25, -0.2) is 9.59 Å². The van der Waals surface area contributed by atoms with Crippen LogP contribution in [0.25, 0.3) is 0 Å². The molecule has 3 aliphatic rings. The maximum atomic E-state index is 14.5. The van der Waals surface area contributed by atoms with Gasteiger partial charge in [0.1, 0.15) is 42.5 Å². The van der Waals surface area contributed by atoms with Crippen LogP contribution in [0.1, 0.15) is 124 Å². The van der Waals surface area contributed by atoms with Gasteiger partial charge in [0, 0.05) is 84.5 Å². The highest BCUT2D eigenvalue weighted by molar-refractivity contribution is 6.12. The van der Waals surface area contributed by atoms with Crippen molar-refractivity contribution in [1.29, 1.82) is 0 Å². The maximum Gasteiger partial charge on any atom is 0.328 e. The number of likely N-dealkylation sites (N-methyl/N-ethyl adjacent to an activating group) is 2. The summed E-state index contributed by atoms with van der Waals surface area (Å²) in [6.07, 6.45) is -2.26. The van der Waals surface area contributed by atoms with Gasteiger partial charge in [-0.15, -0.1) is 0 Å². The molecule has 0 radical (unpaired) electrons. The number of aliphatic hydroxyl groups excluding tert-OH is 2. The molecule has 15 atom stereocenters. The predicted molar refractivity (Wildman–Crippen MR) is 372 cm³/mol. The number of benzene rings is 2. The number of carbonyl (C=O) groups excluding carboxylic acids is 12. The number of nitrogens with one attached hydrogen (secondary N) is 8. The van der Waals surface area contributed by atoms with Crippen molar-refractivity contribution in [2.75, 3.05) is 66.9 Å². The lowest BCUT2D eigenvalue weighted by molar-refractivity contribution is -0.147. The van der Waals surface area contributed by atoms with Crippen LogP contribution in [0.5, 0.6) is 0 Å². The summed E-state index contributed by atoms with van der Waals surface area (Å²) >= 11 is 0. The van der Waals surface area contributed by atoms with Crippen molar-refractivity contribution < 1.29 is 86.7 Å². The number of methoxy groups -OCH3 is 3. The van der Waals surface area contributed by atoms with Crippen molar-refractivity contribution in [3.05, 3.63) is 77.9 Å². The average molecular weight is 1420 g/mol. The number of rotatable bonds is 41. The monoisotopic (exact) mass is 1420 g/mol. The second-order valence-corrected chi connectivity index (χ2v) is 26.9. The van der Waals surface area contributed by atoms with Gasteiger partial charge in [0.25, 0.3) is 11.8 Å². The Kier molecular flexibility index (Phi) is 33.7. The van der Waals surface area contributed by atoms with Crippen LogP contribution in [0.3, 0.4) is 0 Å². The lowest BCUT2D eigenvalue weighted by atomic mass is 9.89. The van der Waals surface area contributed by atoms with Crippen molar-refractivity contribution in [3.63, 3.8) is 0 Å². The van der Waals surface area contributed by atoms with Crippen molar-refractivity contribution in [2.24, 2.45) is 29.4 Å². The summed E-state index contributed by atoms with van der Waals surface area (Å²) in [5.41, 5.74) is 6.74. The normalized spacial score (nSPS) is 20.3. The molecule has 0 aliphatic carbocycles. The fourth-order valence-electron chi connectivity index (χ4n) is 13.1. The maximum absolute atomic E-state index is 14.5. The molecule has 2 aromatic rings. The van der Waals surface area contributed by atoms with Crippen molar-refractivity contribution in [2.45, 2.75) is 204 Å². The smallest absolute Gasteiger partial charge is 0.328 e. The molecule has 560 valence electrons. The molecule has 0 saturated carbocycles. The Morgan fingerprint density at radius 1 is 0.703 bits per heavy atom. The molecule has 5 rings (SSSR count). The molecule has 2 aromatic carbocycles. The number of hydrogen-bond donors (Lipinski definition) is 11. The average Bonchev–Trinajstić information content (AvgIpc) is 1.33. The van der Waals surface area contributed by atoms with E-state index in [4.69, 9.17) is 24.7 Å². The highest BCUT2D eigenvalue weighted by atomic mass is 16.5.